The molecule has 1 saturated heterocycles. The Labute approximate surface area is 214 Å². The molecule has 0 unspecified atom stereocenters. The predicted octanol–water partition coefficient (Wildman–Crippen LogP) is 5.31. The monoisotopic (exact) mass is 512 g/mol. The Balaban J connectivity index is 1.44. The first kappa shape index (κ1) is 26.4. The van der Waals surface area contributed by atoms with E-state index in [0.29, 0.717) is 51.4 Å². The molecule has 2 amide bonds. The number of thioether (sulfide) groups is 1. The van der Waals surface area contributed by atoms with Crippen molar-refractivity contribution in [3.63, 3.8) is 0 Å². The lowest BCUT2D eigenvalue weighted by molar-refractivity contribution is -0.122. The zero-order valence-corrected chi connectivity index (χ0v) is 21.6. The molecule has 35 heavy (non-hydrogen) atoms. The smallest absolute Gasteiger partial charge is 0.266 e. The normalized spacial score (nSPS) is 14.4. The quantitative estimate of drug-likeness (QED) is 0.189. The molecule has 0 spiro atoms. The van der Waals surface area contributed by atoms with Gasteiger partial charge in [0.1, 0.15) is 4.32 Å². The van der Waals surface area contributed by atoms with Gasteiger partial charge in [0.05, 0.1) is 19.1 Å². The molecule has 0 aromatic heterocycles. The standard InChI is InChI=1S/C26H28N2O5S2/c1-17(29)19-9-11-20(12-10-19)27-24(30)7-5-4-6-14-28-25(31)23(35-26(28)34)16-18-8-13-21(32-2)22(15-18)33-3/h8-13,15-16H,4-7,14H2,1-3H3,(H,27,30)/b23-16-. The zero-order valence-electron chi connectivity index (χ0n) is 20.0. The Morgan fingerprint density at radius 3 is 2.40 bits per heavy atom. The van der Waals surface area contributed by atoms with Crippen LogP contribution in [0.1, 0.15) is 48.5 Å². The van der Waals surface area contributed by atoms with Crippen LogP contribution in [0.4, 0.5) is 5.69 Å². The van der Waals surface area contributed by atoms with Crippen molar-refractivity contribution in [3.8, 4) is 11.5 Å². The molecule has 9 heteroatoms. The summed E-state index contributed by atoms with van der Waals surface area (Å²) in [5.74, 6) is 1.01. The highest BCUT2D eigenvalue weighted by Gasteiger charge is 2.31. The number of carbonyl (C=O) groups excluding carboxylic acids is 3. The van der Waals surface area contributed by atoms with Crippen LogP contribution in [0.2, 0.25) is 0 Å². The highest BCUT2D eigenvalue weighted by atomic mass is 32.2. The maximum Gasteiger partial charge on any atom is 0.266 e. The van der Waals surface area contributed by atoms with Crippen LogP contribution in [0, 0.1) is 0 Å². The van der Waals surface area contributed by atoms with E-state index in [2.05, 4.69) is 5.32 Å². The van der Waals surface area contributed by atoms with Gasteiger partial charge in [0.15, 0.2) is 17.3 Å². The number of ether oxygens (including phenoxy) is 2. The van der Waals surface area contributed by atoms with Crippen LogP contribution in [0.15, 0.2) is 47.4 Å². The summed E-state index contributed by atoms with van der Waals surface area (Å²) >= 11 is 6.70. The minimum absolute atomic E-state index is 0.0131. The number of hydrogen-bond acceptors (Lipinski definition) is 7. The third-order valence-electron chi connectivity index (χ3n) is 5.44. The van der Waals surface area contributed by atoms with Gasteiger partial charge in [-0.2, -0.15) is 0 Å². The fourth-order valence-corrected chi connectivity index (χ4v) is 4.84. The molecule has 3 rings (SSSR count). The number of anilines is 1. The van der Waals surface area contributed by atoms with E-state index in [1.165, 1.54) is 18.7 Å². The molecule has 2 aromatic rings. The summed E-state index contributed by atoms with van der Waals surface area (Å²) in [6, 6.07) is 12.3. The van der Waals surface area contributed by atoms with E-state index < -0.39 is 0 Å². The maximum atomic E-state index is 12.8. The number of nitrogens with one attached hydrogen (secondary N) is 1. The van der Waals surface area contributed by atoms with Crippen LogP contribution in [0.25, 0.3) is 6.08 Å². The first-order chi connectivity index (χ1) is 16.8. The number of nitrogens with zero attached hydrogens (tertiary/aromatic N) is 1. The molecule has 0 radical (unpaired) electrons. The van der Waals surface area contributed by atoms with Crippen molar-refractivity contribution >= 4 is 57.7 Å². The van der Waals surface area contributed by atoms with Crippen LogP contribution < -0.4 is 14.8 Å². The molecular formula is C26H28N2O5S2. The Morgan fingerprint density at radius 1 is 1.03 bits per heavy atom. The Hall–Kier alpha value is -3.17. The second-order valence-corrected chi connectivity index (χ2v) is 9.62. The Morgan fingerprint density at radius 2 is 1.74 bits per heavy atom. The number of thiocarbonyl (C=S) groups is 1. The van der Waals surface area contributed by atoms with E-state index in [1.54, 1.807) is 55.5 Å². The van der Waals surface area contributed by atoms with E-state index in [1.807, 2.05) is 12.1 Å². The summed E-state index contributed by atoms with van der Waals surface area (Å²) < 4.78 is 11.1. The third kappa shape index (κ3) is 7.16. The van der Waals surface area contributed by atoms with Gasteiger partial charge in [-0.1, -0.05) is 36.5 Å². The lowest BCUT2D eigenvalue weighted by Gasteiger charge is -2.14. The van der Waals surface area contributed by atoms with Gasteiger partial charge in [0.2, 0.25) is 5.91 Å². The second kappa shape index (κ2) is 12.5. The summed E-state index contributed by atoms with van der Waals surface area (Å²) in [6.07, 6.45) is 4.42. The molecule has 0 bridgehead atoms. The SMILES string of the molecule is COc1ccc(/C=C2\SC(=S)N(CCCCCC(=O)Nc3ccc(C(C)=O)cc3)C2=O)cc1OC. The summed E-state index contributed by atoms with van der Waals surface area (Å²) in [4.78, 5) is 38.5. The first-order valence-electron chi connectivity index (χ1n) is 11.2. The largest absolute Gasteiger partial charge is 0.493 e. The van der Waals surface area contributed by atoms with Gasteiger partial charge in [-0.15, -0.1) is 0 Å². The number of Topliss-reactive ketones (excluding diaryl/α,β-unsaturated/α-hetero) is 1. The highest BCUT2D eigenvalue weighted by molar-refractivity contribution is 8.26. The van der Waals surface area contributed by atoms with E-state index in [9.17, 15) is 14.4 Å². The molecule has 1 N–H and O–H groups in total. The van der Waals surface area contributed by atoms with Gasteiger partial charge in [0.25, 0.3) is 5.91 Å². The molecule has 0 atom stereocenters. The number of rotatable bonds is 11. The maximum absolute atomic E-state index is 12.8. The van der Waals surface area contributed by atoms with Crippen molar-refractivity contribution < 1.29 is 23.9 Å². The van der Waals surface area contributed by atoms with Crippen LogP contribution in [-0.2, 0) is 9.59 Å². The average molecular weight is 513 g/mol. The first-order valence-corrected chi connectivity index (χ1v) is 12.4. The van der Waals surface area contributed by atoms with Crippen LogP contribution >= 0.6 is 24.0 Å². The molecule has 1 aliphatic heterocycles. The summed E-state index contributed by atoms with van der Waals surface area (Å²) in [6.45, 7) is 2.02. The van der Waals surface area contributed by atoms with E-state index in [-0.39, 0.29) is 17.6 Å². The van der Waals surface area contributed by atoms with Gasteiger partial charge in [-0.3, -0.25) is 19.3 Å². The van der Waals surface area contributed by atoms with Crippen molar-refractivity contribution in [2.45, 2.75) is 32.6 Å². The van der Waals surface area contributed by atoms with Crippen LogP contribution in [-0.4, -0.2) is 47.6 Å². The minimum atomic E-state index is -0.110. The lowest BCUT2D eigenvalue weighted by Crippen LogP contribution is -2.29. The number of hydrogen-bond donors (Lipinski definition) is 1. The Kier molecular flexibility index (Phi) is 9.45. The Bertz CT molecular complexity index is 1140. The average Bonchev–Trinajstić information content (AvgIpc) is 3.11. The number of ketones is 1. The van der Waals surface area contributed by atoms with E-state index in [0.717, 1.165) is 18.4 Å². The van der Waals surface area contributed by atoms with Crippen molar-refractivity contribution in [1.29, 1.82) is 0 Å². The van der Waals surface area contributed by atoms with E-state index >= 15 is 0 Å². The fraction of sp³-hybridized carbons (Fsp3) is 0.308. The van der Waals surface area contributed by atoms with Gasteiger partial charge < -0.3 is 14.8 Å². The van der Waals surface area contributed by atoms with Crippen LogP contribution in [0.5, 0.6) is 11.5 Å². The van der Waals surface area contributed by atoms with Gasteiger partial charge >= 0.3 is 0 Å². The molecule has 1 heterocycles. The number of unbranched alkanes of at least 4 members (excludes halogenated alkanes) is 2. The van der Waals surface area contributed by atoms with Gasteiger partial charge in [0, 0.05) is 24.2 Å². The van der Waals surface area contributed by atoms with Crippen molar-refractivity contribution in [1.82, 2.24) is 4.90 Å². The van der Waals surface area contributed by atoms with Crippen molar-refractivity contribution in [2.75, 3.05) is 26.1 Å². The summed E-state index contributed by atoms with van der Waals surface area (Å²) in [7, 11) is 3.14. The number of benzene rings is 2. The van der Waals surface area contributed by atoms with Crippen molar-refractivity contribution in [3.05, 3.63) is 58.5 Å². The second-order valence-electron chi connectivity index (χ2n) is 7.94. The zero-order chi connectivity index (χ0) is 25.4. The highest BCUT2D eigenvalue weighted by Crippen LogP contribution is 2.34. The molecule has 0 saturated carbocycles. The molecule has 0 aliphatic carbocycles. The van der Waals surface area contributed by atoms with E-state index in [4.69, 9.17) is 21.7 Å². The molecule has 1 aliphatic rings. The molecule has 7 nitrogen and oxygen atoms in total. The lowest BCUT2D eigenvalue weighted by atomic mass is 10.1. The molecule has 184 valence electrons. The molecule has 2 aromatic carbocycles. The summed E-state index contributed by atoms with van der Waals surface area (Å²) in [5.41, 5.74) is 2.10. The predicted molar refractivity (Wildman–Crippen MR) is 143 cm³/mol. The van der Waals surface area contributed by atoms with Crippen LogP contribution in [0.3, 0.4) is 0 Å². The molecular weight excluding hydrogens is 484 g/mol. The number of methoxy groups -OCH3 is 2. The number of amides is 2. The number of carbonyl (C=O) groups is 3. The summed E-state index contributed by atoms with van der Waals surface area (Å²) in [5, 5.41) is 2.84. The molecule has 1 fully saturated rings. The topological polar surface area (TPSA) is 84.9 Å². The van der Waals surface area contributed by atoms with Gasteiger partial charge in [-0.05, 0) is 67.8 Å². The third-order valence-corrected chi connectivity index (χ3v) is 6.82. The van der Waals surface area contributed by atoms with Crippen molar-refractivity contribution in [2.24, 2.45) is 0 Å². The minimum Gasteiger partial charge on any atom is -0.493 e. The fourth-order valence-electron chi connectivity index (χ4n) is 3.53. The van der Waals surface area contributed by atoms with Gasteiger partial charge in [-0.25, -0.2) is 0 Å².